The highest BCUT2D eigenvalue weighted by Gasteiger charge is 2.07. The van der Waals surface area contributed by atoms with Gasteiger partial charge in [0.15, 0.2) is 0 Å². The molecule has 3 nitrogen and oxygen atoms in total. The number of carbonyl (C=O) groups excluding carboxylic acids is 1. The summed E-state index contributed by atoms with van der Waals surface area (Å²) in [5.41, 5.74) is 1.90. The van der Waals surface area contributed by atoms with E-state index in [1.54, 1.807) is 7.05 Å². The van der Waals surface area contributed by atoms with Crippen molar-refractivity contribution in [1.29, 1.82) is 0 Å². The molecule has 1 aromatic carbocycles. The molecule has 0 bridgehead atoms. The van der Waals surface area contributed by atoms with Crippen molar-refractivity contribution in [2.24, 2.45) is 0 Å². The molecule has 4 heteroatoms. The molecule has 0 fully saturated rings. The Bertz CT molecular complexity index is 606. The van der Waals surface area contributed by atoms with E-state index in [2.05, 4.69) is 42.7 Å². The summed E-state index contributed by atoms with van der Waals surface area (Å²) in [7, 11) is 1.65. The van der Waals surface area contributed by atoms with E-state index in [0.29, 0.717) is 6.04 Å². The number of nitrogens with one attached hydrogen (secondary N) is 2. The maximum absolute atomic E-state index is 11.6. The number of amides is 1. The van der Waals surface area contributed by atoms with Gasteiger partial charge in [-0.15, -0.1) is 11.3 Å². The molecule has 0 unspecified atom stereocenters. The highest BCUT2D eigenvalue weighted by atomic mass is 32.1. The lowest BCUT2D eigenvalue weighted by Crippen LogP contribution is -2.21. The fourth-order valence-corrected chi connectivity index (χ4v) is 3.14. The summed E-state index contributed by atoms with van der Waals surface area (Å²) in [6, 6.07) is 12.5. The number of benzene rings is 1. The van der Waals surface area contributed by atoms with Gasteiger partial charge in [-0.2, -0.15) is 0 Å². The van der Waals surface area contributed by atoms with Crippen LogP contribution in [0.3, 0.4) is 0 Å². The van der Waals surface area contributed by atoms with Crippen LogP contribution >= 0.6 is 11.3 Å². The molecular weight excluding hydrogens is 280 g/mol. The number of carbonyl (C=O) groups is 1. The number of thiophene rings is 1. The second-order valence-electron chi connectivity index (χ2n) is 5.15. The molecule has 0 aliphatic rings. The molecule has 1 atom stereocenters. The standard InChI is InChI=1S/C17H22N2OS/c1-12-7-8-16(21-12)13(2)19-10-9-14-5-4-6-15(11-14)17(20)18-3/h4-8,11,13,19H,9-10H2,1-3H3,(H,18,20)/t13-/m0/s1. The van der Waals surface area contributed by atoms with Crippen LogP contribution in [0.25, 0.3) is 0 Å². The Kier molecular flexibility index (Phi) is 5.53. The van der Waals surface area contributed by atoms with Crippen molar-refractivity contribution < 1.29 is 4.79 Å². The summed E-state index contributed by atoms with van der Waals surface area (Å²) >= 11 is 1.84. The Hall–Kier alpha value is -1.65. The van der Waals surface area contributed by atoms with E-state index in [4.69, 9.17) is 0 Å². The number of hydrogen-bond acceptors (Lipinski definition) is 3. The molecule has 0 saturated heterocycles. The van der Waals surface area contributed by atoms with Crippen molar-refractivity contribution in [2.75, 3.05) is 13.6 Å². The van der Waals surface area contributed by atoms with Gasteiger partial charge >= 0.3 is 0 Å². The first-order valence-corrected chi connectivity index (χ1v) is 8.02. The second kappa shape index (κ2) is 7.38. The van der Waals surface area contributed by atoms with Crippen LogP contribution in [0.5, 0.6) is 0 Å². The third-order valence-electron chi connectivity index (χ3n) is 3.47. The molecule has 2 rings (SSSR count). The van der Waals surface area contributed by atoms with Crippen LogP contribution in [0.4, 0.5) is 0 Å². The summed E-state index contributed by atoms with van der Waals surface area (Å²) in [5.74, 6) is -0.0350. The number of hydrogen-bond donors (Lipinski definition) is 2. The van der Waals surface area contributed by atoms with Crippen LogP contribution < -0.4 is 10.6 Å². The van der Waals surface area contributed by atoms with Gasteiger partial charge < -0.3 is 10.6 Å². The first-order valence-electron chi connectivity index (χ1n) is 7.21. The minimum absolute atomic E-state index is 0.0350. The lowest BCUT2D eigenvalue weighted by Gasteiger charge is -2.12. The molecule has 1 aromatic heterocycles. The molecule has 21 heavy (non-hydrogen) atoms. The minimum Gasteiger partial charge on any atom is -0.355 e. The van der Waals surface area contributed by atoms with Gasteiger partial charge in [0.1, 0.15) is 0 Å². The quantitative estimate of drug-likeness (QED) is 0.859. The SMILES string of the molecule is CNC(=O)c1cccc(CCN[C@@H](C)c2ccc(C)s2)c1. The highest BCUT2D eigenvalue weighted by Crippen LogP contribution is 2.22. The fourth-order valence-electron chi connectivity index (χ4n) is 2.23. The molecule has 0 aliphatic carbocycles. The zero-order valence-electron chi connectivity index (χ0n) is 12.8. The molecule has 112 valence electrons. The summed E-state index contributed by atoms with van der Waals surface area (Å²) < 4.78 is 0. The van der Waals surface area contributed by atoms with Gasteiger partial charge in [-0.25, -0.2) is 0 Å². The first-order chi connectivity index (χ1) is 10.1. The monoisotopic (exact) mass is 302 g/mol. The molecule has 2 aromatic rings. The van der Waals surface area contributed by atoms with E-state index in [1.165, 1.54) is 15.3 Å². The maximum atomic E-state index is 11.6. The first kappa shape index (κ1) is 15.7. The topological polar surface area (TPSA) is 41.1 Å². The maximum Gasteiger partial charge on any atom is 0.251 e. The van der Waals surface area contributed by atoms with Crippen LogP contribution in [0, 0.1) is 6.92 Å². The molecule has 1 amide bonds. The van der Waals surface area contributed by atoms with Gasteiger partial charge in [-0.05, 0) is 56.6 Å². The molecular formula is C17H22N2OS. The third kappa shape index (κ3) is 4.41. The normalized spacial score (nSPS) is 12.1. The van der Waals surface area contributed by atoms with Gasteiger partial charge in [-0.3, -0.25) is 4.79 Å². The summed E-state index contributed by atoms with van der Waals surface area (Å²) in [5, 5.41) is 6.19. The van der Waals surface area contributed by atoms with Crippen molar-refractivity contribution >= 4 is 17.2 Å². The van der Waals surface area contributed by atoms with Crippen molar-refractivity contribution in [3.8, 4) is 0 Å². The van der Waals surface area contributed by atoms with E-state index >= 15 is 0 Å². The van der Waals surface area contributed by atoms with Crippen molar-refractivity contribution in [3.05, 3.63) is 57.3 Å². The van der Waals surface area contributed by atoms with Gasteiger partial charge in [0.05, 0.1) is 0 Å². The van der Waals surface area contributed by atoms with E-state index in [1.807, 2.05) is 29.5 Å². The average molecular weight is 302 g/mol. The average Bonchev–Trinajstić information content (AvgIpc) is 2.93. The van der Waals surface area contributed by atoms with Crippen LogP contribution in [0.15, 0.2) is 36.4 Å². The molecule has 0 saturated carbocycles. The van der Waals surface area contributed by atoms with Crippen LogP contribution in [0.2, 0.25) is 0 Å². The molecule has 1 heterocycles. The van der Waals surface area contributed by atoms with Gasteiger partial charge in [0.2, 0.25) is 0 Å². The van der Waals surface area contributed by atoms with Crippen molar-refractivity contribution in [1.82, 2.24) is 10.6 Å². The van der Waals surface area contributed by atoms with E-state index in [-0.39, 0.29) is 5.91 Å². The molecule has 0 spiro atoms. The van der Waals surface area contributed by atoms with Crippen molar-refractivity contribution in [2.45, 2.75) is 26.3 Å². The largest absolute Gasteiger partial charge is 0.355 e. The lowest BCUT2D eigenvalue weighted by atomic mass is 10.1. The van der Waals surface area contributed by atoms with Crippen LogP contribution in [-0.2, 0) is 6.42 Å². The van der Waals surface area contributed by atoms with E-state index in [9.17, 15) is 4.79 Å². The Balaban J connectivity index is 1.87. The summed E-state index contributed by atoms with van der Waals surface area (Å²) in [6.45, 7) is 5.21. The Morgan fingerprint density at radius 3 is 2.76 bits per heavy atom. The Morgan fingerprint density at radius 2 is 2.10 bits per heavy atom. The molecule has 0 aliphatic heterocycles. The second-order valence-corrected chi connectivity index (χ2v) is 6.47. The molecule has 0 radical (unpaired) electrons. The van der Waals surface area contributed by atoms with Gasteiger partial charge in [0, 0.05) is 28.4 Å². The Labute approximate surface area is 130 Å². The lowest BCUT2D eigenvalue weighted by molar-refractivity contribution is 0.0963. The van der Waals surface area contributed by atoms with E-state index < -0.39 is 0 Å². The zero-order valence-corrected chi connectivity index (χ0v) is 13.6. The van der Waals surface area contributed by atoms with Crippen molar-refractivity contribution in [3.63, 3.8) is 0 Å². The van der Waals surface area contributed by atoms with E-state index in [0.717, 1.165) is 18.5 Å². The van der Waals surface area contributed by atoms with Gasteiger partial charge in [0.25, 0.3) is 5.91 Å². The predicted molar refractivity (Wildman–Crippen MR) is 89.0 cm³/mol. The highest BCUT2D eigenvalue weighted by molar-refractivity contribution is 7.12. The third-order valence-corrected chi connectivity index (χ3v) is 4.65. The molecule has 2 N–H and O–H groups in total. The van der Waals surface area contributed by atoms with Gasteiger partial charge in [-0.1, -0.05) is 12.1 Å². The Morgan fingerprint density at radius 1 is 1.29 bits per heavy atom. The number of rotatable bonds is 6. The fraction of sp³-hybridized carbons (Fsp3) is 0.353. The summed E-state index contributed by atoms with van der Waals surface area (Å²) in [4.78, 5) is 14.3. The minimum atomic E-state index is -0.0350. The zero-order chi connectivity index (χ0) is 15.2. The summed E-state index contributed by atoms with van der Waals surface area (Å²) in [6.07, 6.45) is 0.916. The number of aryl methyl sites for hydroxylation is 1. The van der Waals surface area contributed by atoms with Crippen LogP contribution in [-0.4, -0.2) is 19.5 Å². The smallest absolute Gasteiger partial charge is 0.251 e. The predicted octanol–water partition coefficient (Wildman–Crippen LogP) is 3.31. The van der Waals surface area contributed by atoms with Crippen LogP contribution in [0.1, 0.15) is 38.6 Å².